The third kappa shape index (κ3) is 2.85. The number of methoxy groups -OCH3 is 1. The first-order chi connectivity index (χ1) is 11.5. The van der Waals surface area contributed by atoms with E-state index in [0.717, 1.165) is 19.3 Å². The molecule has 0 atom stereocenters. The topological polar surface area (TPSA) is 58.6 Å². The van der Waals surface area contributed by atoms with Gasteiger partial charge >= 0.3 is 6.03 Å². The van der Waals surface area contributed by atoms with Crippen molar-refractivity contribution in [3.05, 3.63) is 29.6 Å². The van der Waals surface area contributed by atoms with E-state index in [2.05, 4.69) is 12.2 Å². The number of hydrogen-bond acceptors (Lipinski definition) is 3. The Morgan fingerprint density at radius 3 is 2.62 bits per heavy atom. The van der Waals surface area contributed by atoms with Gasteiger partial charge in [-0.2, -0.15) is 0 Å². The fourth-order valence-electron chi connectivity index (χ4n) is 3.73. The molecule has 1 saturated carbocycles. The van der Waals surface area contributed by atoms with Crippen molar-refractivity contribution in [2.75, 3.05) is 7.11 Å². The first kappa shape index (κ1) is 16.7. The molecule has 2 aliphatic rings. The average Bonchev–Trinajstić information content (AvgIpc) is 2.80. The summed E-state index contributed by atoms with van der Waals surface area (Å²) in [6.07, 6.45) is 4.38. The number of carbonyl (C=O) groups is 2. The number of halogens is 1. The number of benzene rings is 1. The lowest BCUT2D eigenvalue weighted by molar-refractivity contribution is -0.133. The first-order valence-electron chi connectivity index (χ1n) is 8.45. The van der Waals surface area contributed by atoms with E-state index in [1.54, 1.807) is 6.07 Å². The van der Waals surface area contributed by atoms with Crippen molar-refractivity contribution in [3.8, 4) is 5.75 Å². The average molecular weight is 334 g/mol. The molecule has 5 nitrogen and oxygen atoms in total. The molecule has 1 heterocycles. The highest BCUT2D eigenvalue weighted by Crippen LogP contribution is 2.38. The third-order valence-electron chi connectivity index (χ3n) is 5.34. The van der Waals surface area contributed by atoms with Crippen molar-refractivity contribution in [1.29, 1.82) is 0 Å². The van der Waals surface area contributed by atoms with E-state index in [1.165, 1.54) is 24.1 Å². The molecule has 1 saturated heterocycles. The van der Waals surface area contributed by atoms with Gasteiger partial charge in [-0.1, -0.05) is 19.4 Å². The summed E-state index contributed by atoms with van der Waals surface area (Å²) >= 11 is 0. The van der Waals surface area contributed by atoms with Crippen LogP contribution in [0.15, 0.2) is 18.2 Å². The third-order valence-corrected chi connectivity index (χ3v) is 5.34. The Morgan fingerprint density at radius 2 is 2.04 bits per heavy atom. The maximum absolute atomic E-state index is 13.8. The van der Waals surface area contributed by atoms with Gasteiger partial charge in [0.1, 0.15) is 5.54 Å². The van der Waals surface area contributed by atoms with Crippen LogP contribution in [0.5, 0.6) is 5.75 Å². The van der Waals surface area contributed by atoms with Gasteiger partial charge in [0.25, 0.3) is 5.91 Å². The molecule has 24 heavy (non-hydrogen) atoms. The van der Waals surface area contributed by atoms with E-state index < -0.39 is 11.4 Å². The molecule has 0 radical (unpaired) electrons. The van der Waals surface area contributed by atoms with Gasteiger partial charge < -0.3 is 10.1 Å². The fourth-order valence-corrected chi connectivity index (χ4v) is 3.73. The number of nitrogens with one attached hydrogen (secondary N) is 1. The van der Waals surface area contributed by atoms with Gasteiger partial charge in [0.05, 0.1) is 13.7 Å². The van der Waals surface area contributed by atoms with E-state index in [9.17, 15) is 14.0 Å². The minimum absolute atomic E-state index is 0.0739. The lowest BCUT2D eigenvalue weighted by Gasteiger charge is -2.34. The van der Waals surface area contributed by atoms with E-state index in [1.807, 2.05) is 0 Å². The molecule has 1 aromatic carbocycles. The van der Waals surface area contributed by atoms with Gasteiger partial charge in [0.2, 0.25) is 0 Å². The molecule has 3 rings (SSSR count). The Morgan fingerprint density at radius 1 is 1.33 bits per heavy atom. The van der Waals surface area contributed by atoms with E-state index >= 15 is 0 Å². The molecule has 1 aliphatic heterocycles. The summed E-state index contributed by atoms with van der Waals surface area (Å²) in [6, 6.07) is 4.09. The number of hydrogen-bond donors (Lipinski definition) is 1. The molecule has 1 aliphatic carbocycles. The highest BCUT2D eigenvalue weighted by Gasteiger charge is 2.52. The summed E-state index contributed by atoms with van der Waals surface area (Å²) in [4.78, 5) is 26.3. The van der Waals surface area contributed by atoms with Crippen molar-refractivity contribution in [3.63, 3.8) is 0 Å². The number of rotatable bonds is 4. The summed E-state index contributed by atoms with van der Waals surface area (Å²) in [5, 5.41) is 2.89. The molecule has 130 valence electrons. The zero-order valence-corrected chi connectivity index (χ0v) is 14.1. The zero-order valence-electron chi connectivity index (χ0n) is 14.1. The maximum Gasteiger partial charge on any atom is 0.325 e. The highest BCUT2D eigenvalue weighted by molar-refractivity contribution is 6.07. The smallest absolute Gasteiger partial charge is 0.325 e. The number of imide groups is 1. The summed E-state index contributed by atoms with van der Waals surface area (Å²) in [7, 11) is 1.39. The Bertz CT molecular complexity index is 654. The number of ether oxygens (including phenoxy) is 1. The Hall–Kier alpha value is -2.11. The minimum Gasteiger partial charge on any atom is -0.494 e. The first-order valence-corrected chi connectivity index (χ1v) is 8.45. The normalized spacial score (nSPS) is 26.8. The summed E-state index contributed by atoms with van der Waals surface area (Å²) < 4.78 is 18.7. The van der Waals surface area contributed by atoms with Crippen LogP contribution in [-0.2, 0) is 11.3 Å². The second kappa shape index (κ2) is 6.42. The number of nitrogens with zero attached hydrogens (tertiary/aromatic N) is 1. The maximum atomic E-state index is 13.8. The fraction of sp³-hybridized carbons (Fsp3) is 0.556. The molecule has 6 heteroatoms. The van der Waals surface area contributed by atoms with Crippen LogP contribution < -0.4 is 10.1 Å². The highest BCUT2D eigenvalue weighted by atomic mass is 19.1. The predicted octanol–water partition coefficient (Wildman–Crippen LogP) is 3.23. The van der Waals surface area contributed by atoms with Crippen LogP contribution in [0.2, 0.25) is 0 Å². The van der Waals surface area contributed by atoms with E-state index in [-0.39, 0.29) is 24.2 Å². The molecule has 2 fully saturated rings. The van der Waals surface area contributed by atoms with Crippen molar-refractivity contribution >= 4 is 11.9 Å². The summed E-state index contributed by atoms with van der Waals surface area (Å²) in [6.45, 7) is 2.23. The van der Waals surface area contributed by atoms with Gasteiger partial charge in [-0.25, -0.2) is 9.18 Å². The Labute approximate surface area is 141 Å². The van der Waals surface area contributed by atoms with Gasteiger partial charge in [-0.15, -0.1) is 0 Å². The quantitative estimate of drug-likeness (QED) is 0.860. The second-order valence-electron chi connectivity index (χ2n) is 6.72. The van der Waals surface area contributed by atoms with Crippen molar-refractivity contribution < 1.29 is 18.7 Å². The van der Waals surface area contributed by atoms with Crippen LogP contribution in [0.3, 0.4) is 0 Å². The molecule has 0 aromatic heterocycles. The van der Waals surface area contributed by atoms with Gasteiger partial charge in [0, 0.05) is 0 Å². The molecule has 3 amide bonds. The van der Waals surface area contributed by atoms with Gasteiger partial charge in [-0.05, 0) is 49.3 Å². The molecule has 0 unspecified atom stereocenters. The van der Waals surface area contributed by atoms with Crippen LogP contribution in [0, 0.1) is 11.7 Å². The number of urea groups is 1. The van der Waals surface area contributed by atoms with Crippen LogP contribution in [0.1, 0.15) is 44.6 Å². The lowest BCUT2D eigenvalue weighted by atomic mass is 9.75. The molecular formula is C18H23FN2O3. The van der Waals surface area contributed by atoms with Crippen LogP contribution in [0.25, 0.3) is 0 Å². The second-order valence-corrected chi connectivity index (χ2v) is 6.72. The monoisotopic (exact) mass is 334 g/mol. The largest absolute Gasteiger partial charge is 0.494 e. The van der Waals surface area contributed by atoms with Crippen molar-refractivity contribution in [1.82, 2.24) is 10.2 Å². The standard InChI is InChI=1S/C18H23FN2O3/c1-3-12-6-8-18(9-7-12)16(22)21(17(23)20-18)11-13-4-5-15(24-2)14(19)10-13/h4-5,10,12H,3,6-9,11H2,1-2H3,(H,20,23). The molecule has 1 N–H and O–H groups in total. The van der Waals surface area contributed by atoms with Gasteiger partial charge in [-0.3, -0.25) is 9.69 Å². The van der Waals surface area contributed by atoms with Gasteiger partial charge in [0.15, 0.2) is 11.6 Å². The minimum atomic E-state index is -0.756. The van der Waals surface area contributed by atoms with Crippen molar-refractivity contribution in [2.24, 2.45) is 5.92 Å². The number of amides is 3. The lowest BCUT2D eigenvalue weighted by Crippen LogP contribution is -2.49. The molecule has 1 aromatic rings. The van der Waals surface area contributed by atoms with E-state index in [4.69, 9.17) is 4.74 Å². The Kier molecular flexibility index (Phi) is 4.47. The van der Waals surface area contributed by atoms with E-state index in [0.29, 0.717) is 24.3 Å². The SMILES string of the molecule is CCC1CCC2(CC1)NC(=O)N(Cc1ccc(OC)c(F)c1)C2=O. The Balaban J connectivity index is 1.74. The molecule has 1 spiro atoms. The predicted molar refractivity (Wildman–Crippen MR) is 87.0 cm³/mol. The summed E-state index contributed by atoms with van der Waals surface area (Å²) in [5.41, 5.74) is -0.190. The van der Waals surface area contributed by atoms with Crippen LogP contribution in [-0.4, -0.2) is 29.5 Å². The summed E-state index contributed by atoms with van der Waals surface area (Å²) in [5.74, 6) is 0.0915. The van der Waals surface area contributed by atoms with Crippen molar-refractivity contribution in [2.45, 2.75) is 51.1 Å². The van der Waals surface area contributed by atoms with Crippen LogP contribution in [0.4, 0.5) is 9.18 Å². The zero-order chi connectivity index (χ0) is 17.3. The molecule has 0 bridgehead atoms. The van der Waals surface area contributed by atoms with Crippen LogP contribution >= 0.6 is 0 Å². The number of carbonyl (C=O) groups excluding carboxylic acids is 2. The molecular weight excluding hydrogens is 311 g/mol.